The SMILES string of the molecule is CCc1nccn1CCNC(=O)c1cccc(C2CCNC2)c1. The van der Waals surface area contributed by atoms with E-state index in [9.17, 15) is 4.79 Å². The van der Waals surface area contributed by atoms with Crippen LogP contribution in [0.25, 0.3) is 0 Å². The normalized spacial score (nSPS) is 17.3. The number of aryl methyl sites for hydroxylation is 1. The molecule has 23 heavy (non-hydrogen) atoms. The lowest BCUT2D eigenvalue weighted by molar-refractivity contribution is 0.0952. The zero-order valence-electron chi connectivity index (χ0n) is 13.6. The van der Waals surface area contributed by atoms with Crippen LogP contribution in [0.3, 0.4) is 0 Å². The Morgan fingerprint density at radius 1 is 1.48 bits per heavy atom. The molecule has 5 heteroatoms. The summed E-state index contributed by atoms with van der Waals surface area (Å²) in [6.07, 6.45) is 5.81. The molecule has 0 spiro atoms. The standard InChI is InChI=1S/C18H24N4O/c1-2-17-20-8-10-22(17)11-9-21-18(23)15-5-3-4-14(12-15)16-6-7-19-13-16/h3-5,8,10,12,16,19H,2,6-7,9,11,13H2,1H3,(H,21,23). The number of aromatic nitrogens is 2. The van der Waals surface area contributed by atoms with Crippen molar-refractivity contribution in [1.29, 1.82) is 0 Å². The van der Waals surface area contributed by atoms with Gasteiger partial charge in [-0.05, 0) is 36.6 Å². The summed E-state index contributed by atoms with van der Waals surface area (Å²) in [6.45, 7) is 5.51. The molecule has 1 aromatic carbocycles. The van der Waals surface area contributed by atoms with E-state index in [1.165, 1.54) is 5.56 Å². The summed E-state index contributed by atoms with van der Waals surface area (Å²) in [5.74, 6) is 1.58. The van der Waals surface area contributed by atoms with Crippen LogP contribution in [0.4, 0.5) is 0 Å². The van der Waals surface area contributed by atoms with E-state index < -0.39 is 0 Å². The van der Waals surface area contributed by atoms with Crippen molar-refractivity contribution in [2.24, 2.45) is 0 Å². The molecule has 2 aromatic rings. The average Bonchev–Trinajstić information content (AvgIpc) is 3.26. The van der Waals surface area contributed by atoms with Crippen molar-refractivity contribution in [2.45, 2.75) is 32.2 Å². The van der Waals surface area contributed by atoms with Crippen LogP contribution in [0.15, 0.2) is 36.7 Å². The van der Waals surface area contributed by atoms with E-state index in [4.69, 9.17) is 0 Å². The lowest BCUT2D eigenvalue weighted by atomic mass is 9.96. The number of hydrogen-bond acceptors (Lipinski definition) is 3. The number of imidazole rings is 1. The summed E-state index contributed by atoms with van der Waals surface area (Å²) in [5.41, 5.74) is 2.00. The predicted octanol–water partition coefficient (Wildman–Crippen LogP) is 1.95. The molecule has 3 rings (SSSR count). The van der Waals surface area contributed by atoms with Crippen molar-refractivity contribution in [1.82, 2.24) is 20.2 Å². The molecule has 5 nitrogen and oxygen atoms in total. The zero-order chi connectivity index (χ0) is 16.1. The van der Waals surface area contributed by atoms with Gasteiger partial charge in [0.05, 0.1) is 0 Å². The summed E-state index contributed by atoms with van der Waals surface area (Å²) in [4.78, 5) is 16.6. The molecule has 1 aliphatic rings. The number of nitrogens with zero attached hydrogens (tertiary/aromatic N) is 2. The predicted molar refractivity (Wildman–Crippen MR) is 90.6 cm³/mol. The van der Waals surface area contributed by atoms with E-state index in [-0.39, 0.29) is 5.91 Å². The number of benzene rings is 1. The maximum absolute atomic E-state index is 12.3. The molecule has 1 unspecified atom stereocenters. The lowest BCUT2D eigenvalue weighted by Crippen LogP contribution is -2.27. The number of carbonyl (C=O) groups excluding carboxylic acids is 1. The highest BCUT2D eigenvalue weighted by Gasteiger charge is 2.17. The van der Waals surface area contributed by atoms with Crippen LogP contribution in [0.2, 0.25) is 0 Å². The minimum absolute atomic E-state index is 0.00373. The Bertz CT molecular complexity index is 659. The van der Waals surface area contributed by atoms with Gasteiger partial charge in [0.25, 0.3) is 5.91 Å². The second kappa shape index (κ2) is 7.42. The Morgan fingerprint density at radius 2 is 2.39 bits per heavy atom. The van der Waals surface area contributed by atoms with Crippen molar-refractivity contribution < 1.29 is 4.79 Å². The van der Waals surface area contributed by atoms with Crippen LogP contribution < -0.4 is 10.6 Å². The van der Waals surface area contributed by atoms with Gasteiger partial charge in [0.15, 0.2) is 0 Å². The third kappa shape index (κ3) is 3.79. The highest BCUT2D eigenvalue weighted by Crippen LogP contribution is 2.22. The molecule has 0 bridgehead atoms. The number of hydrogen-bond donors (Lipinski definition) is 2. The molecule has 1 amide bonds. The third-order valence-electron chi connectivity index (χ3n) is 4.44. The topological polar surface area (TPSA) is 59.0 Å². The first-order chi connectivity index (χ1) is 11.3. The van der Waals surface area contributed by atoms with Gasteiger partial charge in [0.1, 0.15) is 5.82 Å². The van der Waals surface area contributed by atoms with Crippen LogP contribution in [0, 0.1) is 0 Å². The van der Waals surface area contributed by atoms with Crippen molar-refractivity contribution >= 4 is 5.91 Å². The number of nitrogens with one attached hydrogen (secondary N) is 2. The molecule has 1 fully saturated rings. The van der Waals surface area contributed by atoms with Gasteiger partial charge in [-0.25, -0.2) is 4.98 Å². The van der Waals surface area contributed by atoms with Crippen molar-refractivity contribution in [3.8, 4) is 0 Å². The molecule has 0 saturated carbocycles. The van der Waals surface area contributed by atoms with Crippen LogP contribution >= 0.6 is 0 Å². The summed E-state index contributed by atoms with van der Waals surface area (Å²) >= 11 is 0. The Kier molecular flexibility index (Phi) is 5.08. The van der Waals surface area contributed by atoms with Crippen LogP contribution in [0.5, 0.6) is 0 Å². The molecule has 1 aliphatic heterocycles. The smallest absolute Gasteiger partial charge is 0.251 e. The van der Waals surface area contributed by atoms with Crippen LogP contribution in [-0.4, -0.2) is 35.1 Å². The van der Waals surface area contributed by atoms with Gasteiger partial charge in [-0.15, -0.1) is 0 Å². The number of rotatable bonds is 6. The van der Waals surface area contributed by atoms with Gasteiger partial charge >= 0.3 is 0 Å². The summed E-state index contributed by atoms with van der Waals surface area (Å²) in [6, 6.07) is 8.01. The molecule has 2 N–H and O–H groups in total. The second-order valence-corrected chi connectivity index (χ2v) is 5.96. The van der Waals surface area contributed by atoms with E-state index in [2.05, 4.69) is 33.2 Å². The summed E-state index contributed by atoms with van der Waals surface area (Å²) < 4.78 is 2.08. The molecule has 0 radical (unpaired) electrons. The second-order valence-electron chi connectivity index (χ2n) is 5.96. The number of amides is 1. The van der Waals surface area contributed by atoms with E-state index in [0.717, 1.165) is 43.9 Å². The van der Waals surface area contributed by atoms with E-state index in [1.807, 2.05) is 24.4 Å². The van der Waals surface area contributed by atoms with Gasteiger partial charge in [0, 0.05) is 44.0 Å². The van der Waals surface area contributed by atoms with Crippen molar-refractivity contribution in [2.75, 3.05) is 19.6 Å². The summed E-state index contributed by atoms with van der Waals surface area (Å²) in [5, 5.41) is 6.37. The lowest BCUT2D eigenvalue weighted by Gasteiger charge is -2.11. The van der Waals surface area contributed by atoms with Gasteiger partial charge in [-0.3, -0.25) is 4.79 Å². The largest absolute Gasteiger partial charge is 0.350 e. The maximum atomic E-state index is 12.3. The van der Waals surface area contributed by atoms with E-state index in [1.54, 1.807) is 6.20 Å². The van der Waals surface area contributed by atoms with Gasteiger partial charge in [-0.1, -0.05) is 19.1 Å². The molecule has 1 saturated heterocycles. The first kappa shape index (κ1) is 15.7. The highest BCUT2D eigenvalue weighted by molar-refractivity contribution is 5.94. The van der Waals surface area contributed by atoms with Gasteiger partial charge in [-0.2, -0.15) is 0 Å². The highest BCUT2D eigenvalue weighted by atomic mass is 16.1. The van der Waals surface area contributed by atoms with Crippen LogP contribution in [-0.2, 0) is 13.0 Å². The molecule has 122 valence electrons. The molecular weight excluding hydrogens is 288 g/mol. The van der Waals surface area contributed by atoms with E-state index >= 15 is 0 Å². The molecule has 1 aromatic heterocycles. The quantitative estimate of drug-likeness (QED) is 0.857. The summed E-state index contributed by atoms with van der Waals surface area (Å²) in [7, 11) is 0. The van der Waals surface area contributed by atoms with Gasteiger partial charge < -0.3 is 15.2 Å². The maximum Gasteiger partial charge on any atom is 0.251 e. The fourth-order valence-corrected chi connectivity index (χ4v) is 3.12. The van der Waals surface area contributed by atoms with Crippen molar-refractivity contribution in [3.05, 3.63) is 53.6 Å². The first-order valence-electron chi connectivity index (χ1n) is 8.37. The first-order valence-corrected chi connectivity index (χ1v) is 8.37. The minimum Gasteiger partial charge on any atom is -0.350 e. The van der Waals surface area contributed by atoms with E-state index in [0.29, 0.717) is 12.5 Å². The number of carbonyl (C=O) groups is 1. The minimum atomic E-state index is -0.00373. The molecule has 2 heterocycles. The Labute approximate surface area is 137 Å². The molecule has 1 atom stereocenters. The fraction of sp³-hybridized carbons (Fsp3) is 0.444. The monoisotopic (exact) mass is 312 g/mol. The third-order valence-corrected chi connectivity index (χ3v) is 4.44. The van der Waals surface area contributed by atoms with Crippen molar-refractivity contribution in [3.63, 3.8) is 0 Å². The average molecular weight is 312 g/mol. The van der Waals surface area contributed by atoms with Gasteiger partial charge in [0.2, 0.25) is 0 Å². The Balaban J connectivity index is 1.56. The van der Waals surface area contributed by atoms with Crippen LogP contribution in [0.1, 0.15) is 41.0 Å². The Morgan fingerprint density at radius 3 is 3.17 bits per heavy atom. The molecule has 0 aliphatic carbocycles. The zero-order valence-corrected chi connectivity index (χ0v) is 13.6. The molecular formula is C18H24N4O. The Hall–Kier alpha value is -2.14. The fourth-order valence-electron chi connectivity index (χ4n) is 3.12.